The lowest BCUT2D eigenvalue weighted by atomic mass is 9.82. The maximum Gasteiger partial charge on any atom is 0.326 e. The third-order valence-corrected chi connectivity index (χ3v) is 8.96. The van der Waals surface area contributed by atoms with E-state index in [0.29, 0.717) is 0 Å². The zero-order valence-corrected chi connectivity index (χ0v) is 24.1. The van der Waals surface area contributed by atoms with Gasteiger partial charge in [-0.25, -0.2) is 8.61 Å². The number of nitrogens with zero attached hydrogens (tertiary/aromatic N) is 2. The summed E-state index contributed by atoms with van der Waals surface area (Å²) in [6.07, 6.45) is 0. The van der Waals surface area contributed by atoms with E-state index in [2.05, 4.69) is 0 Å². The number of fused-ring (bicyclic) bond motifs is 2. The van der Waals surface area contributed by atoms with Crippen LogP contribution >= 0.6 is 21.4 Å². The van der Waals surface area contributed by atoms with Crippen molar-refractivity contribution in [1.82, 2.24) is 0 Å². The summed E-state index contributed by atoms with van der Waals surface area (Å²) in [5.41, 5.74) is 0.859. The maximum absolute atomic E-state index is 14.0. The molecule has 0 atom stereocenters. The molecule has 0 spiro atoms. The van der Waals surface area contributed by atoms with Crippen LogP contribution in [0.15, 0.2) is 84.9 Å². The Balaban J connectivity index is 1.89. The van der Waals surface area contributed by atoms with Gasteiger partial charge in [0, 0.05) is 32.5 Å². The average Bonchev–Trinajstić information content (AvgIpc) is 2.89. The number of carbonyl (C=O) groups is 2. The Kier molecular flexibility index (Phi) is 6.99. The molecule has 0 amide bonds. The summed E-state index contributed by atoms with van der Waals surface area (Å²) in [5, 5.41) is 0. The smallest absolute Gasteiger partial charge is 0.288 e. The van der Waals surface area contributed by atoms with Gasteiger partial charge in [-0.1, -0.05) is 59.7 Å². The summed E-state index contributed by atoms with van der Waals surface area (Å²) >= 11 is 0. The minimum atomic E-state index is -4.57. The van der Waals surface area contributed by atoms with E-state index in [9.17, 15) is 26.4 Å². The lowest BCUT2D eigenvalue weighted by Crippen LogP contribution is -2.31. The molecule has 0 fully saturated rings. The van der Waals surface area contributed by atoms with Gasteiger partial charge < -0.3 is 0 Å². The molecule has 204 valence electrons. The SMILES string of the molecule is Cc1ccc(N(c2ccc(N(c3ccc(C)cc3)S(=O)(=O)Cl)c3c2C(=O)c2ccccc2C3=O)S(=O)(=O)Cl)cc1. The summed E-state index contributed by atoms with van der Waals surface area (Å²) in [6, 6.07) is 21.1. The molecule has 5 rings (SSSR count). The third-order valence-electron chi connectivity index (χ3n) is 6.44. The third kappa shape index (κ3) is 4.88. The van der Waals surface area contributed by atoms with Crippen LogP contribution in [0.25, 0.3) is 0 Å². The van der Waals surface area contributed by atoms with Crippen molar-refractivity contribution in [2.45, 2.75) is 13.8 Å². The molecular weight excluding hydrogens is 595 g/mol. The summed E-state index contributed by atoms with van der Waals surface area (Å²) in [4.78, 5) is 28.0. The highest BCUT2D eigenvalue weighted by Gasteiger charge is 2.40. The number of carbonyl (C=O) groups excluding carboxylic acids is 2. The van der Waals surface area contributed by atoms with E-state index >= 15 is 0 Å². The molecule has 40 heavy (non-hydrogen) atoms. The van der Waals surface area contributed by atoms with Crippen LogP contribution in [-0.4, -0.2) is 28.4 Å². The molecule has 0 bridgehead atoms. The molecule has 12 heteroatoms. The molecule has 4 aromatic rings. The fourth-order valence-electron chi connectivity index (χ4n) is 4.65. The number of benzene rings is 4. The first kappa shape index (κ1) is 27.9. The van der Waals surface area contributed by atoms with E-state index in [4.69, 9.17) is 21.4 Å². The average molecular weight is 616 g/mol. The van der Waals surface area contributed by atoms with Crippen LogP contribution in [-0.2, 0) is 18.5 Å². The van der Waals surface area contributed by atoms with Crippen LogP contribution in [0.3, 0.4) is 0 Å². The minimum absolute atomic E-state index is 0.0323. The van der Waals surface area contributed by atoms with Crippen LogP contribution < -0.4 is 8.61 Å². The van der Waals surface area contributed by atoms with Crippen molar-refractivity contribution < 1.29 is 26.4 Å². The van der Waals surface area contributed by atoms with Gasteiger partial charge >= 0.3 is 18.5 Å². The van der Waals surface area contributed by atoms with Gasteiger partial charge in [0.05, 0.1) is 33.9 Å². The van der Waals surface area contributed by atoms with Crippen LogP contribution in [0.2, 0.25) is 0 Å². The van der Waals surface area contributed by atoms with Crippen LogP contribution in [0.5, 0.6) is 0 Å². The first-order valence-corrected chi connectivity index (χ1v) is 16.3. The number of halogens is 2. The van der Waals surface area contributed by atoms with Gasteiger partial charge in [0.15, 0.2) is 11.6 Å². The molecule has 0 unspecified atom stereocenters. The second-order valence-corrected chi connectivity index (χ2v) is 13.9. The van der Waals surface area contributed by atoms with Crippen molar-refractivity contribution in [1.29, 1.82) is 0 Å². The predicted octanol–water partition coefficient (Wildman–Crippen LogP) is 6.32. The second-order valence-electron chi connectivity index (χ2n) is 9.14. The van der Waals surface area contributed by atoms with Crippen molar-refractivity contribution in [3.8, 4) is 0 Å². The molecule has 1 aliphatic carbocycles. The van der Waals surface area contributed by atoms with Crippen molar-refractivity contribution in [3.05, 3.63) is 118 Å². The Morgan fingerprint density at radius 2 is 0.850 bits per heavy atom. The first-order valence-electron chi connectivity index (χ1n) is 11.8. The summed E-state index contributed by atoms with van der Waals surface area (Å²) in [5.74, 6) is -1.37. The normalized spacial score (nSPS) is 13.0. The van der Waals surface area contributed by atoms with E-state index in [1.807, 2.05) is 13.8 Å². The molecule has 8 nitrogen and oxygen atoms in total. The fraction of sp³-hybridized carbons (Fsp3) is 0.0714. The van der Waals surface area contributed by atoms with Gasteiger partial charge in [-0.15, -0.1) is 0 Å². The number of aryl methyl sites for hydroxylation is 2. The zero-order valence-electron chi connectivity index (χ0n) is 21.0. The number of hydrogen-bond donors (Lipinski definition) is 0. The van der Waals surface area contributed by atoms with E-state index in [-0.39, 0.29) is 45.0 Å². The van der Waals surface area contributed by atoms with E-state index in [0.717, 1.165) is 19.7 Å². The van der Waals surface area contributed by atoms with E-state index in [1.165, 1.54) is 48.5 Å². The van der Waals surface area contributed by atoms with E-state index in [1.54, 1.807) is 36.4 Å². The van der Waals surface area contributed by atoms with Gasteiger partial charge in [-0.05, 0) is 50.2 Å². The Labute approximate surface area is 240 Å². The molecule has 0 saturated heterocycles. The van der Waals surface area contributed by atoms with Gasteiger partial charge in [-0.3, -0.25) is 9.59 Å². The molecular formula is C28H20Cl2N2O6S2. The Morgan fingerprint density at radius 1 is 0.525 bits per heavy atom. The molecule has 0 aliphatic heterocycles. The predicted molar refractivity (Wildman–Crippen MR) is 156 cm³/mol. The topological polar surface area (TPSA) is 109 Å². The van der Waals surface area contributed by atoms with Crippen molar-refractivity contribution in [3.63, 3.8) is 0 Å². The lowest BCUT2D eigenvalue weighted by molar-refractivity contribution is 0.0980. The molecule has 4 aromatic carbocycles. The Morgan fingerprint density at radius 3 is 1.15 bits per heavy atom. The first-order chi connectivity index (χ1) is 18.8. The quantitative estimate of drug-likeness (QED) is 0.207. The van der Waals surface area contributed by atoms with Gasteiger partial charge in [0.1, 0.15) is 0 Å². The molecule has 0 N–H and O–H groups in total. The molecule has 0 aromatic heterocycles. The molecule has 1 aliphatic rings. The van der Waals surface area contributed by atoms with Crippen molar-refractivity contribution >= 4 is 74.2 Å². The van der Waals surface area contributed by atoms with Crippen LogP contribution in [0.1, 0.15) is 43.0 Å². The molecule has 0 saturated carbocycles. The number of rotatable bonds is 6. The standard InChI is InChI=1S/C28H20Cl2N2O6S2/c1-17-7-11-19(12-8-17)31(39(29,35)36)23-15-16-24(32(40(30,37)38)20-13-9-18(2)10-14-20)26-25(23)27(33)21-5-3-4-6-22(21)28(26)34/h3-16H,1-2H3. The zero-order chi connectivity index (χ0) is 29.0. The van der Waals surface area contributed by atoms with Crippen molar-refractivity contribution in [2.24, 2.45) is 0 Å². The van der Waals surface area contributed by atoms with Gasteiger partial charge in [-0.2, -0.15) is 16.8 Å². The highest BCUT2D eigenvalue weighted by atomic mass is 35.7. The lowest BCUT2D eigenvalue weighted by Gasteiger charge is -2.31. The Bertz CT molecular complexity index is 1770. The number of anilines is 4. The highest BCUT2D eigenvalue weighted by molar-refractivity contribution is 8.15. The largest absolute Gasteiger partial charge is 0.326 e. The number of ketones is 2. The van der Waals surface area contributed by atoms with E-state index < -0.39 is 30.0 Å². The summed E-state index contributed by atoms with van der Waals surface area (Å²) in [7, 11) is 2.65. The molecule has 0 radical (unpaired) electrons. The van der Waals surface area contributed by atoms with Gasteiger partial charge in [0.25, 0.3) is 0 Å². The van der Waals surface area contributed by atoms with Crippen LogP contribution in [0, 0.1) is 13.8 Å². The van der Waals surface area contributed by atoms with Gasteiger partial charge in [0.2, 0.25) is 0 Å². The number of hydrogen-bond acceptors (Lipinski definition) is 6. The van der Waals surface area contributed by atoms with Crippen LogP contribution in [0.4, 0.5) is 22.7 Å². The second kappa shape index (κ2) is 10.0. The highest BCUT2D eigenvalue weighted by Crippen LogP contribution is 2.45. The monoisotopic (exact) mass is 614 g/mol. The summed E-state index contributed by atoms with van der Waals surface area (Å²) < 4.78 is 53.2. The summed E-state index contributed by atoms with van der Waals surface area (Å²) in [6.45, 7) is 3.62. The van der Waals surface area contributed by atoms with Crippen molar-refractivity contribution in [2.75, 3.05) is 8.61 Å². The Hall–Kier alpha value is -3.70. The molecule has 0 heterocycles. The minimum Gasteiger partial charge on any atom is -0.288 e. The maximum atomic E-state index is 14.0. The fourth-order valence-corrected chi connectivity index (χ4v) is 7.10.